The quantitative estimate of drug-likeness (QED) is 0.630. The van der Waals surface area contributed by atoms with E-state index in [4.69, 9.17) is 4.74 Å². The number of methoxy groups -OCH3 is 1. The lowest BCUT2D eigenvalue weighted by Gasteiger charge is -2.34. The van der Waals surface area contributed by atoms with Crippen LogP contribution in [0.2, 0.25) is 0 Å². The first-order valence-electron chi connectivity index (χ1n) is 10.5. The van der Waals surface area contributed by atoms with Gasteiger partial charge in [-0.1, -0.05) is 11.6 Å². The van der Waals surface area contributed by atoms with Gasteiger partial charge >= 0.3 is 5.97 Å². The van der Waals surface area contributed by atoms with E-state index in [1.807, 2.05) is 19.1 Å². The molecule has 0 unspecified atom stereocenters. The molecule has 7 nitrogen and oxygen atoms in total. The number of carbonyl (C=O) groups is 2. The molecule has 162 valence electrons. The molecule has 1 aliphatic rings. The lowest BCUT2D eigenvalue weighted by molar-refractivity contribution is -0.120. The Balaban J connectivity index is 1.45. The maximum atomic E-state index is 12.8. The van der Waals surface area contributed by atoms with Gasteiger partial charge in [-0.3, -0.25) is 9.78 Å². The van der Waals surface area contributed by atoms with E-state index in [-0.39, 0.29) is 11.8 Å². The number of piperidine rings is 1. The van der Waals surface area contributed by atoms with Crippen LogP contribution in [0.25, 0.3) is 10.9 Å². The number of rotatable bonds is 4. The lowest BCUT2D eigenvalue weighted by Crippen LogP contribution is -2.38. The number of esters is 1. The number of pyridine rings is 1. The van der Waals surface area contributed by atoms with Crippen LogP contribution in [-0.4, -0.2) is 37.1 Å². The van der Waals surface area contributed by atoms with Gasteiger partial charge in [0.15, 0.2) is 0 Å². The van der Waals surface area contributed by atoms with Crippen LogP contribution in [-0.2, 0) is 9.53 Å². The van der Waals surface area contributed by atoms with Crippen LogP contribution >= 0.6 is 0 Å². The zero-order valence-electron chi connectivity index (χ0n) is 18.1. The summed E-state index contributed by atoms with van der Waals surface area (Å²) in [5.74, 6) is -0.566. The number of aryl methyl sites for hydroxylation is 1. The van der Waals surface area contributed by atoms with Crippen LogP contribution in [0.15, 0.2) is 48.7 Å². The van der Waals surface area contributed by atoms with Crippen molar-refractivity contribution in [2.45, 2.75) is 19.8 Å². The van der Waals surface area contributed by atoms with Crippen molar-refractivity contribution in [3.8, 4) is 6.07 Å². The fourth-order valence-electron chi connectivity index (χ4n) is 4.13. The molecule has 1 aromatic heterocycles. The summed E-state index contributed by atoms with van der Waals surface area (Å²) >= 11 is 0. The Morgan fingerprint density at radius 1 is 1.16 bits per heavy atom. The van der Waals surface area contributed by atoms with Gasteiger partial charge in [-0.2, -0.15) is 5.26 Å². The SMILES string of the molecule is COC(=O)c1ccc(NC(=O)C2CCN(c3c(C#N)cnc4ccc(C)cc34)CC2)cc1. The van der Waals surface area contributed by atoms with E-state index in [2.05, 4.69) is 27.3 Å². The van der Waals surface area contributed by atoms with Gasteiger partial charge in [0.1, 0.15) is 6.07 Å². The molecule has 1 saturated heterocycles. The second-order valence-electron chi connectivity index (χ2n) is 7.97. The molecule has 4 rings (SSSR count). The molecule has 2 aromatic carbocycles. The third kappa shape index (κ3) is 4.26. The minimum atomic E-state index is -0.411. The highest BCUT2D eigenvalue weighted by atomic mass is 16.5. The topological polar surface area (TPSA) is 95.3 Å². The predicted octanol–water partition coefficient (Wildman–Crippen LogP) is 4.06. The van der Waals surface area contributed by atoms with Gasteiger partial charge in [-0.15, -0.1) is 0 Å². The van der Waals surface area contributed by atoms with Gasteiger partial charge in [0.05, 0.1) is 29.4 Å². The van der Waals surface area contributed by atoms with E-state index >= 15 is 0 Å². The molecule has 1 fully saturated rings. The first kappa shape index (κ1) is 21.3. The largest absolute Gasteiger partial charge is 0.465 e. The summed E-state index contributed by atoms with van der Waals surface area (Å²) in [7, 11) is 1.33. The highest BCUT2D eigenvalue weighted by molar-refractivity contribution is 5.96. The molecule has 32 heavy (non-hydrogen) atoms. The van der Waals surface area contributed by atoms with Crippen LogP contribution in [0.5, 0.6) is 0 Å². The highest BCUT2D eigenvalue weighted by Gasteiger charge is 2.27. The first-order chi connectivity index (χ1) is 15.5. The Labute approximate surface area is 186 Å². The molecular weight excluding hydrogens is 404 g/mol. The minimum Gasteiger partial charge on any atom is -0.465 e. The van der Waals surface area contributed by atoms with Crippen molar-refractivity contribution in [2.24, 2.45) is 5.92 Å². The van der Waals surface area contributed by atoms with Crippen molar-refractivity contribution in [3.05, 3.63) is 65.4 Å². The molecule has 1 amide bonds. The Kier molecular flexibility index (Phi) is 6.04. The Hall–Kier alpha value is -3.92. The summed E-state index contributed by atoms with van der Waals surface area (Å²) in [6, 6.07) is 15.0. The zero-order chi connectivity index (χ0) is 22.7. The summed E-state index contributed by atoms with van der Waals surface area (Å²) in [5, 5.41) is 13.6. The summed E-state index contributed by atoms with van der Waals surface area (Å²) in [6.45, 7) is 3.39. The summed E-state index contributed by atoms with van der Waals surface area (Å²) in [6.07, 6.45) is 3.00. The molecule has 0 aliphatic carbocycles. The van der Waals surface area contributed by atoms with Crippen molar-refractivity contribution < 1.29 is 14.3 Å². The third-order valence-corrected chi connectivity index (χ3v) is 5.87. The van der Waals surface area contributed by atoms with E-state index in [1.165, 1.54) is 7.11 Å². The van der Waals surface area contributed by atoms with Crippen molar-refractivity contribution >= 4 is 34.2 Å². The van der Waals surface area contributed by atoms with Gasteiger partial charge in [-0.25, -0.2) is 4.79 Å². The molecule has 0 spiro atoms. The second kappa shape index (κ2) is 9.06. The number of amides is 1. The lowest BCUT2D eigenvalue weighted by atomic mass is 9.94. The van der Waals surface area contributed by atoms with E-state index in [1.54, 1.807) is 30.5 Å². The van der Waals surface area contributed by atoms with Crippen molar-refractivity contribution in [3.63, 3.8) is 0 Å². The van der Waals surface area contributed by atoms with Gasteiger partial charge < -0.3 is 15.0 Å². The number of nitriles is 1. The Morgan fingerprint density at radius 2 is 1.88 bits per heavy atom. The van der Waals surface area contributed by atoms with Crippen molar-refractivity contribution in [2.75, 3.05) is 30.4 Å². The maximum Gasteiger partial charge on any atom is 0.337 e. The minimum absolute atomic E-state index is 0.0357. The predicted molar refractivity (Wildman–Crippen MR) is 123 cm³/mol. The second-order valence-corrected chi connectivity index (χ2v) is 7.97. The number of benzene rings is 2. The first-order valence-corrected chi connectivity index (χ1v) is 10.5. The Bertz CT molecular complexity index is 1210. The van der Waals surface area contributed by atoms with Crippen LogP contribution < -0.4 is 10.2 Å². The van der Waals surface area contributed by atoms with Gasteiger partial charge in [0, 0.05) is 36.3 Å². The van der Waals surface area contributed by atoms with Gasteiger partial charge in [0.25, 0.3) is 0 Å². The number of carbonyl (C=O) groups excluding carboxylic acids is 2. The summed E-state index contributed by atoms with van der Waals surface area (Å²) in [5.41, 5.74) is 4.51. The number of nitrogens with zero attached hydrogens (tertiary/aromatic N) is 3. The van der Waals surface area contributed by atoms with Gasteiger partial charge in [0.2, 0.25) is 5.91 Å². The average Bonchev–Trinajstić information content (AvgIpc) is 2.83. The van der Waals surface area contributed by atoms with Gasteiger partial charge in [-0.05, 0) is 56.2 Å². The molecule has 2 heterocycles. The number of anilines is 2. The van der Waals surface area contributed by atoms with E-state index in [0.29, 0.717) is 42.7 Å². The standard InChI is InChI=1S/C25H24N4O3/c1-16-3-8-22-21(13-16)23(19(14-26)15-27-22)29-11-9-17(10-12-29)24(30)28-20-6-4-18(5-7-20)25(31)32-2/h3-8,13,15,17H,9-12H2,1-2H3,(H,28,30). The van der Waals surface area contributed by atoms with Crippen molar-refractivity contribution in [1.29, 1.82) is 5.26 Å². The molecule has 0 bridgehead atoms. The molecule has 1 aliphatic heterocycles. The smallest absolute Gasteiger partial charge is 0.337 e. The summed E-state index contributed by atoms with van der Waals surface area (Å²) < 4.78 is 4.69. The normalized spacial score (nSPS) is 14.1. The van der Waals surface area contributed by atoms with Crippen LogP contribution in [0.4, 0.5) is 11.4 Å². The van der Waals surface area contributed by atoms with E-state index in [0.717, 1.165) is 22.2 Å². The number of hydrogen-bond donors (Lipinski definition) is 1. The maximum absolute atomic E-state index is 12.8. The molecule has 3 aromatic rings. The highest BCUT2D eigenvalue weighted by Crippen LogP contribution is 2.33. The number of ether oxygens (including phenoxy) is 1. The average molecular weight is 428 g/mol. The third-order valence-electron chi connectivity index (χ3n) is 5.87. The number of hydrogen-bond acceptors (Lipinski definition) is 6. The molecular formula is C25H24N4O3. The van der Waals surface area contributed by atoms with Crippen LogP contribution in [0.1, 0.15) is 34.3 Å². The van der Waals surface area contributed by atoms with Crippen LogP contribution in [0, 0.1) is 24.2 Å². The van der Waals surface area contributed by atoms with Crippen LogP contribution in [0.3, 0.4) is 0 Å². The summed E-state index contributed by atoms with van der Waals surface area (Å²) in [4.78, 5) is 30.9. The van der Waals surface area contributed by atoms with Crippen molar-refractivity contribution in [1.82, 2.24) is 4.98 Å². The number of nitrogens with one attached hydrogen (secondary N) is 1. The van der Waals surface area contributed by atoms with E-state index < -0.39 is 5.97 Å². The molecule has 7 heteroatoms. The molecule has 0 atom stereocenters. The Morgan fingerprint density at radius 3 is 2.53 bits per heavy atom. The van der Waals surface area contributed by atoms with E-state index in [9.17, 15) is 14.9 Å². The molecule has 0 saturated carbocycles. The molecule has 1 N–H and O–H groups in total. The monoisotopic (exact) mass is 428 g/mol. The number of fused-ring (bicyclic) bond motifs is 1. The zero-order valence-corrected chi connectivity index (χ0v) is 18.1. The fourth-order valence-corrected chi connectivity index (χ4v) is 4.13. The number of aromatic nitrogens is 1. The fraction of sp³-hybridized carbons (Fsp3) is 0.280. The molecule has 0 radical (unpaired) electrons.